The van der Waals surface area contributed by atoms with Gasteiger partial charge in [0.1, 0.15) is 0 Å². The number of anilines is 1. The Bertz CT molecular complexity index is 535. The second kappa shape index (κ2) is 6.91. The third-order valence-corrected chi connectivity index (χ3v) is 4.14. The molecule has 0 spiro atoms. The van der Waals surface area contributed by atoms with E-state index in [0.29, 0.717) is 6.04 Å². The maximum Gasteiger partial charge on any atom is 0.204 e. The lowest BCUT2D eigenvalue weighted by atomic mass is 10.0. The highest BCUT2D eigenvalue weighted by atomic mass is 16.5. The number of para-hydroxylation sites is 2. The summed E-state index contributed by atoms with van der Waals surface area (Å²) < 4.78 is 5.09. The molecule has 5 heteroatoms. The first kappa shape index (κ1) is 14.4. The van der Waals surface area contributed by atoms with Gasteiger partial charge in [-0.15, -0.1) is 0 Å². The van der Waals surface area contributed by atoms with Gasteiger partial charge in [0, 0.05) is 32.8 Å². The topological polar surface area (TPSA) is 53.2 Å². The first-order valence-electron chi connectivity index (χ1n) is 7.79. The molecule has 0 bridgehead atoms. The number of piperidine rings is 1. The number of hydrogen-bond donors (Lipinski definition) is 2. The highest BCUT2D eigenvalue weighted by Crippen LogP contribution is 2.24. The summed E-state index contributed by atoms with van der Waals surface area (Å²) in [4.78, 5) is 10.6. The zero-order valence-electron chi connectivity index (χ0n) is 12.6. The Hall–Kier alpha value is -1.59. The molecule has 1 aliphatic heterocycles. The van der Waals surface area contributed by atoms with Crippen molar-refractivity contribution in [2.45, 2.75) is 25.3 Å². The molecule has 2 N–H and O–H groups in total. The molecule has 1 aromatic carbocycles. The Morgan fingerprint density at radius 1 is 1.38 bits per heavy atom. The predicted molar refractivity (Wildman–Crippen MR) is 85.8 cm³/mol. The van der Waals surface area contributed by atoms with Gasteiger partial charge in [-0.1, -0.05) is 12.1 Å². The number of nitrogens with zero attached hydrogens (tertiary/aromatic N) is 2. The summed E-state index contributed by atoms with van der Waals surface area (Å²) in [5.41, 5.74) is 2.16. The lowest BCUT2D eigenvalue weighted by Crippen LogP contribution is -2.46. The first-order chi connectivity index (χ1) is 10.4. The number of nitrogens with one attached hydrogen (secondary N) is 2. The third-order valence-electron chi connectivity index (χ3n) is 4.14. The van der Waals surface area contributed by atoms with Crippen LogP contribution in [0.4, 0.5) is 5.95 Å². The third kappa shape index (κ3) is 3.36. The van der Waals surface area contributed by atoms with Gasteiger partial charge in [-0.2, -0.15) is 0 Å². The van der Waals surface area contributed by atoms with Crippen molar-refractivity contribution < 1.29 is 4.74 Å². The number of hydrogen-bond acceptors (Lipinski definition) is 4. The Morgan fingerprint density at radius 2 is 2.29 bits per heavy atom. The van der Waals surface area contributed by atoms with E-state index in [1.165, 1.54) is 19.3 Å². The van der Waals surface area contributed by atoms with Crippen LogP contribution in [0.2, 0.25) is 0 Å². The monoisotopic (exact) mass is 288 g/mol. The zero-order valence-corrected chi connectivity index (χ0v) is 12.6. The van der Waals surface area contributed by atoms with E-state index in [2.05, 4.69) is 27.3 Å². The average Bonchev–Trinajstić information content (AvgIpc) is 2.96. The van der Waals surface area contributed by atoms with Gasteiger partial charge in [0.05, 0.1) is 17.6 Å². The second-order valence-corrected chi connectivity index (χ2v) is 5.62. The number of aromatic amines is 1. The number of rotatable bonds is 6. The number of ether oxygens (including phenoxy) is 1. The summed E-state index contributed by atoms with van der Waals surface area (Å²) in [6, 6.07) is 8.74. The Morgan fingerprint density at radius 3 is 3.14 bits per heavy atom. The maximum absolute atomic E-state index is 5.09. The van der Waals surface area contributed by atoms with Crippen molar-refractivity contribution in [3.8, 4) is 0 Å². The molecule has 2 heterocycles. The van der Waals surface area contributed by atoms with Gasteiger partial charge in [0.25, 0.3) is 0 Å². The van der Waals surface area contributed by atoms with Crippen LogP contribution < -0.4 is 10.2 Å². The van der Waals surface area contributed by atoms with Gasteiger partial charge in [0.15, 0.2) is 0 Å². The van der Waals surface area contributed by atoms with Crippen molar-refractivity contribution in [1.29, 1.82) is 0 Å². The number of imidazole rings is 1. The number of fused-ring (bicyclic) bond motifs is 1. The minimum Gasteiger partial charge on any atom is -0.383 e. The van der Waals surface area contributed by atoms with E-state index in [1.54, 1.807) is 7.11 Å². The molecule has 0 radical (unpaired) electrons. The van der Waals surface area contributed by atoms with Crippen LogP contribution in [0.25, 0.3) is 11.0 Å². The molecule has 1 aliphatic rings. The van der Waals surface area contributed by atoms with E-state index in [0.717, 1.165) is 43.2 Å². The number of aromatic nitrogens is 2. The summed E-state index contributed by atoms with van der Waals surface area (Å²) in [6.07, 6.45) is 3.76. The van der Waals surface area contributed by atoms with Crippen LogP contribution in [0.5, 0.6) is 0 Å². The van der Waals surface area contributed by atoms with E-state index >= 15 is 0 Å². The van der Waals surface area contributed by atoms with Crippen LogP contribution >= 0.6 is 0 Å². The van der Waals surface area contributed by atoms with Crippen LogP contribution in [0.15, 0.2) is 24.3 Å². The fourth-order valence-corrected chi connectivity index (χ4v) is 3.01. The molecule has 1 fully saturated rings. The summed E-state index contributed by atoms with van der Waals surface area (Å²) >= 11 is 0. The molecule has 1 aromatic heterocycles. The van der Waals surface area contributed by atoms with Gasteiger partial charge in [-0.3, -0.25) is 0 Å². The van der Waals surface area contributed by atoms with Crippen molar-refractivity contribution in [2.24, 2.45) is 0 Å². The first-order valence-corrected chi connectivity index (χ1v) is 7.79. The second-order valence-electron chi connectivity index (χ2n) is 5.62. The van der Waals surface area contributed by atoms with E-state index in [4.69, 9.17) is 9.72 Å². The SMILES string of the molecule is COCCNCC1CCCCN1c1nc2ccccc2[nH]1. The molecule has 114 valence electrons. The summed E-state index contributed by atoms with van der Waals surface area (Å²) in [7, 11) is 1.74. The lowest BCUT2D eigenvalue weighted by molar-refractivity contribution is 0.198. The normalized spacial score (nSPS) is 19.3. The molecule has 21 heavy (non-hydrogen) atoms. The minimum atomic E-state index is 0.510. The fraction of sp³-hybridized carbons (Fsp3) is 0.562. The molecule has 5 nitrogen and oxygen atoms in total. The van der Waals surface area contributed by atoms with Gasteiger partial charge in [-0.25, -0.2) is 4.98 Å². The standard InChI is InChI=1S/C16H24N4O/c1-21-11-9-17-12-13-6-4-5-10-20(13)16-18-14-7-2-3-8-15(14)19-16/h2-3,7-8,13,17H,4-6,9-12H2,1H3,(H,18,19). The van der Waals surface area contributed by atoms with Crippen molar-refractivity contribution in [1.82, 2.24) is 15.3 Å². The van der Waals surface area contributed by atoms with Gasteiger partial charge in [-0.05, 0) is 31.4 Å². The van der Waals surface area contributed by atoms with Crippen molar-refractivity contribution in [2.75, 3.05) is 38.3 Å². The molecule has 0 amide bonds. The summed E-state index contributed by atoms with van der Waals surface area (Å²) in [5.74, 6) is 1.01. The average molecular weight is 288 g/mol. The van der Waals surface area contributed by atoms with Crippen LogP contribution in [0.3, 0.4) is 0 Å². The van der Waals surface area contributed by atoms with Crippen molar-refractivity contribution in [3.05, 3.63) is 24.3 Å². The van der Waals surface area contributed by atoms with Gasteiger partial charge >= 0.3 is 0 Å². The van der Waals surface area contributed by atoms with E-state index in [-0.39, 0.29) is 0 Å². The molecule has 0 aliphatic carbocycles. The largest absolute Gasteiger partial charge is 0.383 e. The van der Waals surface area contributed by atoms with Crippen LogP contribution in [0.1, 0.15) is 19.3 Å². The number of H-pyrrole nitrogens is 1. The van der Waals surface area contributed by atoms with Crippen LogP contribution in [-0.4, -0.2) is 49.4 Å². The van der Waals surface area contributed by atoms with Gasteiger partial charge in [0.2, 0.25) is 5.95 Å². The van der Waals surface area contributed by atoms with Crippen molar-refractivity contribution in [3.63, 3.8) is 0 Å². The molecule has 1 unspecified atom stereocenters. The maximum atomic E-state index is 5.09. The molecule has 1 saturated heterocycles. The smallest absolute Gasteiger partial charge is 0.204 e. The number of benzene rings is 1. The van der Waals surface area contributed by atoms with Gasteiger partial charge < -0.3 is 19.9 Å². The quantitative estimate of drug-likeness (QED) is 0.800. The van der Waals surface area contributed by atoms with Crippen LogP contribution in [0, 0.1) is 0 Å². The fourth-order valence-electron chi connectivity index (χ4n) is 3.01. The zero-order chi connectivity index (χ0) is 14.5. The highest BCUT2D eigenvalue weighted by molar-refractivity contribution is 5.77. The minimum absolute atomic E-state index is 0.510. The van der Waals surface area contributed by atoms with Crippen molar-refractivity contribution >= 4 is 17.0 Å². The summed E-state index contributed by atoms with van der Waals surface area (Å²) in [5, 5.41) is 3.48. The molecule has 0 saturated carbocycles. The highest BCUT2D eigenvalue weighted by Gasteiger charge is 2.24. The molecular weight excluding hydrogens is 264 g/mol. The molecular formula is C16H24N4O. The molecule has 1 atom stereocenters. The molecule has 2 aromatic rings. The van der Waals surface area contributed by atoms with E-state index in [1.807, 2.05) is 12.1 Å². The predicted octanol–water partition coefficient (Wildman–Crippen LogP) is 2.16. The van der Waals surface area contributed by atoms with E-state index < -0.39 is 0 Å². The van der Waals surface area contributed by atoms with E-state index in [9.17, 15) is 0 Å². The summed E-state index contributed by atoms with van der Waals surface area (Å²) in [6.45, 7) is 3.73. The lowest BCUT2D eigenvalue weighted by Gasteiger charge is -2.35. The Labute approximate surface area is 125 Å². The number of methoxy groups -OCH3 is 1. The Kier molecular flexibility index (Phi) is 4.72. The van der Waals surface area contributed by atoms with Crippen LogP contribution in [-0.2, 0) is 4.74 Å². The Balaban J connectivity index is 1.70. The molecule has 3 rings (SSSR count).